The molecule has 5 nitrogen and oxygen atoms in total. The highest BCUT2D eigenvalue weighted by Crippen LogP contribution is 2.17. The van der Waals surface area contributed by atoms with E-state index in [2.05, 4.69) is 74.1 Å². The van der Waals surface area contributed by atoms with E-state index >= 15 is 0 Å². The minimum absolute atomic E-state index is 0.0762. The monoisotopic (exact) mass is 332 g/mol. The van der Waals surface area contributed by atoms with Crippen molar-refractivity contribution in [3.8, 4) is 0 Å². The van der Waals surface area contributed by atoms with Crippen molar-refractivity contribution >= 4 is 5.96 Å². The fourth-order valence-corrected chi connectivity index (χ4v) is 3.11. The topological polar surface area (TPSA) is 62.9 Å². The molecule has 0 spiro atoms. The number of aliphatic imine (C=N–C) groups is 1. The standard InChI is InChI=1S/C19H32N4O/c1-14-11-23(12-15(2)24-14)13-17-9-7-6-8-16(17)10-21-18(20)22-19(3,4)5/h6-9,14-15H,10-13H2,1-5H3,(H3,20,21,22). The summed E-state index contributed by atoms with van der Waals surface area (Å²) in [6.45, 7) is 14.0. The second-order valence-electron chi connectivity index (χ2n) is 7.80. The van der Waals surface area contributed by atoms with Gasteiger partial charge in [-0.25, -0.2) is 4.99 Å². The Hall–Kier alpha value is -1.59. The maximum Gasteiger partial charge on any atom is 0.189 e. The van der Waals surface area contributed by atoms with Gasteiger partial charge in [0.2, 0.25) is 0 Å². The molecular formula is C19H32N4O. The number of nitrogens with zero attached hydrogens (tertiary/aromatic N) is 2. The SMILES string of the molecule is CC1CN(Cc2ccccc2CN=C(N)NC(C)(C)C)CC(C)O1. The van der Waals surface area contributed by atoms with Crippen molar-refractivity contribution < 1.29 is 4.74 Å². The van der Waals surface area contributed by atoms with Crippen LogP contribution in [0.3, 0.4) is 0 Å². The molecule has 2 rings (SSSR count). The van der Waals surface area contributed by atoms with E-state index in [0.29, 0.717) is 12.5 Å². The van der Waals surface area contributed by atoms with Gasteiger partial charge in [-0.15, -0.1) is 0 Å². The summed E-state index contributed by atoms with van der Waals surface area (Å²) >= 11 is 0. The first-order chi connectivity index (χ1) is 11.2. The minimum Gasteiger partial charge on any atom is -0.373 e. The van der Waals surface area contributed by atoms with Gasteiger partial charge in [-0.1, -0.05) is 24.3 Å². The van der Waals surface area contributed by atoms with Crippen LogP contribution >= 0.6 is 0 Å². The lowest BCUT2D eigenvalue weighted by Gasteiger charge is -2.35. The minimum atomic E-state index is -0.0762. The van der Waals surface area contributed by atoms with Crippen molar-refractivity contribution in [1.82, 2.24) is 10.2 Å². The average Bonchev–Trinajstić information content (AvgIpc) is 2.43. The number of nitrogens with one attached hydrogen (secondary N) is 1. The van der Waals surface area contributed by atoms with Crippen LogP contribution in [0, 0.1) is 0 Å². The van der Waals surface area contributed by atoms with Gasteiger partial charge in [0.15, 0.2) is 5.96 Å². The molecule has 0 bridgehead atoms. The summed E-state index contributed by atoms with van der Waals surface area (Å²) in [5, 5.41) is 3.20. The molecule has 1 aromatic rings. The third-order valence-electron chi connectivity index (χ3n) is 3.93. The zero-order valence-electron chi connectivity index (χ0n) is 15.7. The van der Waals surface area contributed by atoms with E-state index in [1.54, 1.807) is 0 Å². The second-order valence-corrected chi connectivity index (χ2v) is 7.80. The van der Waals surface area contributed by atoms with Gasteiger partial charge in [0.05, 0.1) is 18.8 Å². The highest BCUT2D eigenvalue weighted by Gasteiger charge is 2.22. The van der Waals surface area contributed by atoms with Gasteiger partial charge in [0.25, 0.3) is 0 Å². The molecule has 1 aliphatic rings. The Morgan fingerprint density at radius 2 is 1.79 bits per heavy atom. The lowest BCUT2D eigenvalue weighted by molar-refractivity contribution is -0.0705. The molecule has 1 fully saturated rings. The van der Waals surface area contributed by atoms with E-state index in [-0.39, 0.29) is 17.7 Å². The number of morpholine rings is 1. The van der Waals surface area contributed by atoms with Crippen molar-refractivity contribution in [3.63, 3.8) is 0 Å². The molecule has 1 aromatic carbocycles. The normalized spacial score (nSPS) is 23.3. The van der Waals surface area contributed by atoms with Crippen molar-refractivity contribution in [3.05, 3.63) is 35.4 Å². The fraction of sp³-hybridized carbons (Fsp3) is 0.632. The van der Waals surface area contributed by atoms with Crippen LogP contribution < -0.4 is 11.1 Å². The van der Waals surface area contributed by atoms with E-state index in [0.717, 1.165) is 19.6 Å². The molecule has 1 heterocycles. The largest absolute Gasteiger partial charge is 0.373 e. The molecule has 0 saturated carbocycles. The van der Waals surface area contributed by atoms with Crippen molar-refractivity contribution in [2.45, 2.75) is 65.5 Å². The molecule has 24 heavy (non-hydrogen) atoms. The maximum atomic E-state index is 5.99. The molecule has 3 N–H and O–H groups in total. The van der Waals surface area contributed by atoms with Crippen LogP contribution in [0.1, 0.15) is 45.7 Å². The van der Waals surface area contributed by atoms with Crippen molar-refractivity contribution in [1.29, 1.82) is 0 Å². The molecule has 0 radical (unpaired) electrons. The first-order valence-electron chi connectivity index (χ1n) is 8.75. The molecule has 134 valence electrons. The highest BCUT2D eigenvalue weighted by atomic mass is 16.5. The van der Waals surface area contributed by atoms with Crippen LogP contribution in [0.15, 0.2) is 29.3 Å². The fourth-order valence-electron chi connectivity index (χ4n) is 3.11. The van der Waals surface area contributed by atoms with Crippen LogP contribution in [0.2, 0.25) is 0 Å². The zero-order valence-corrected chi connectivity index (χ0v) is 15.7. The summed E-state index contributed by atoms with van der Waals surface area (Å²) in [4.78, 5) is 6.96. The van der Waals surface area contributed by atoms with Crippen LogP contribution in [0.4, 0.5) is 0 Å². The highest BCUT2D eigenvalue weighted by molar-refractivity contribution is 5.78. The Morgan fingerprint density at radius 3 is 2.38 bits per heavy atom. The smallest absolute Gasteiger partial charge is 0.189 e. The average molecular weight is 332 g/mol. The Bertz CT molecular complexity index is 555. The molecule has 5 heteroatoms. The number of nitrogens with two attached hydrogens (primary N) is 1. The van der Waals surface area contributed by atoms with E-state index in [9.17, 15) is 0 Å². The molecule has 1 aliphatic heterocycles. The lowest BCUT2D eigenvalue weighted by Crippen LogP contribution is -2.45. The third-order valence-corrected chi connectivity index (χ3v) is 3.93. The Morgan fingerprint density at radius 1 is 1.21 bits per heavy atom. The van der Waals surface area contributed by atoms with Gasteiger partial charge in [0.1, 0.15) is 0 Å². The Labute approximate surface area is 146 Å². The quantitative estimate of drug-likeness (QED) is 0.657. The predicted octanol–water partition coefficient (Wildman–Crippen LogP) is 2.50. The molecule has 2 unspecified atom stereocenters. The van der Waals surface area contributed by atoms with Crippen LogP contribution in [-0.4, -0.2) is 41.7 Å². The number of guanidine groups is 1. The van der Waals surface area contributed by atoms with Gasteiger partial charge in [-0.2, -0.15) is 0 Å². The number of rotatable bonds is 4. The van der Waals surface area contributed by atoms with Crippen molar-refractivity contribution in [2.24, 2.45) is 10.7 Å². The first-order valence-corrected chi connectivity index (χ1v) is 8.75. The second kappa shape index (κ2) is 7.99. The van der Waals surface area contributed by atoms with Gasteiger partial charge < -0.3 is 15.8 Å². The summed E-state index contributed by atoms with van der Waals surface area (Å²) in [5.41, 5.74) is 8.45. The lowest BCUT2D eigenvalue weighted by atomic mass is 10.1. The Balaban J connectivity index is 2.03. The molecule has 0 aromatic heterocycles. The van der Waals surface area contributed by atoms with Crippen molar-refractivity contribution in [2.75, 3.05) is 13.1 Å². The first kappa shape index (κ1) is 18.7. The molecule has 0 amide bonds. The van der Waals surface area contributed by atoms with E-state index in [1.807, 2.05) is 0 Å². The molecular weight excluding hydrogens is 300 g/mol. The number of hydrogen-bond acceptors (Lipinski definition) is 3. The summed E-state index contributed by atoms with van der Waals surface area (Å²) in [6.07, 6.45) is 0.566. The predicted molar refractivity (Wildman–Crippen MR) is 99.9 cm³/mol. The number of benzene rings is 1. The van der Waals surface area contributed by atoms with E-state index in [4.69, 9.17) is 10.5 Å². The van der Waals surface area contributed by atoms with E-state index < -0.39 is 0 Å². The molecule has 0 aliphatic carbocycles. The van der Waals surface area contributed by atoms with Gasteiger partial charge in [-0.3, -0.25) is 4.90 Å². The van der Waals surface area contributed by atoms with E-state index in [1.165, 1.54) is 11.1 Å². The number of hydrogen-bond donors (Lipinski definition) is 2. The van der Waals surface area contributed by atoms with Crippen LogP contribution in [0.5, 0.6) is 0 Å². The molecule has 2 atom stereocenters. The third kappa shape index (κ3) is 6.13. The van der Waals surface area contributed by atoms with Crippen LogP contribution in [0.25, 0.3) is 0 Å². The molecule has 1 saturated heterocycles. The zero-order chi connectivity index (χ0) is 17.7. The summed E-state index contributed by atoms with van der Waals surface area (Å²) in [7, 11) is 0. The number of ether oxygens (including phenoxy) is 1. The Kier molecular flexibility index (Phi) is 6.24. The van der Waals surface area contributed by atoms with Crippen LogP contribution in [-0.2, 0) is 17.8 Å². The van der Waals surface area contributed by atoms with Gasteiger partial charge in [0, 0.05) is 25.2 Å². The summed E-state index contributed by atoms with van der Waals surface area (Å²) < 4.78 is 5.82. The van der Waals surface area contributed by atoms with Gasteiger partial charge in [-0.05, 0) is 45.7 Å². The summed E-state index contributed by atoms with van der Waals surface area (Å²) in [5.74, 6) is 0.492. The van der Waals surface area contributed by atoms with Gasteiger partial charge >= 0.3 is 0 Å². The summed E-state index contributed by atoms with van der Waals surface area (Å²) in [6, 6.07) is 8.47. The maximum absolute atomic E-state index is 5.99.